The summed E-state index contributed by atoms with van der Waals surface area (Å²) in [7, 11) is 0. The maximum Gasteiger partial charge on any atom is 0.277 e. The number of nitrogens with one attached hydrogen (secondary N) is 1. The third-order valence-electron chi connectivity index (χ3n) is 3.21. The van der Waals surface area contributed by atoms with Crippen LogP contribution in [0.2, 0.25) is 0 Å². The summed E-state index contributed by atoms with van der Waals surface area (Å²) in [6, 6.07) is 7.98. The highest BCUT2D eigenvalue weighted by atomic mass is 32.2. The zero-order valence-corrected chi connectivity index (χ0v) is 13.7. The number of aromatic nitrogens is 4. The number of halogens is 1. The summed E-state index contributed by atoms with van der Waals surface area (Å²) in [5, 5.41) is 9.84. The van der Waals surface area contributed by atoms with Gasteiger partial charge >= 0.3 is 0 Å². The number of benzene rings is 1. The van der Waals surface area contributed by atoms with Crippen molar-refractivity contribution in [1.29, 1.82) is 0 Å². The molecule has 120 valence electrons. The Labute approximate surface area is 142 Å². The van der Waals surface area contributed by atoms with Gasteiger partial charge in [-0.15, -0.1) is 21.5 Å². The number of thioether (sulfide) groups is 1. The first-order chi connectivity index (χ1) is 11.7. The van der Waals surface area contributed by atoms with Crippen molar-refractivity contribution in [2.24, 2.45) is 0 Å². The van der Waals surface area contributed by atoms with Crippen LogP contribution in [0.3, 0.4) is 0 Å². The molecule has 1 N–H and O–H groups in total. The number of hydrogen-bond donors (Lipinski definition) is 1. The van der Waals surface area contributed by atoms with Gasteiger partial charge in [0, 0.05) is 0 Å². The van der Waals surface area contributed by atoms with Crippen LogP contribution >= 0.6 is 23.1 Å². The largest absolute Gasteiger partial charge is 0.411 e. The summed E-state index contributed by atoms with van der Waals surface area (Å²) in [5.41, 5.74) is 0.753. The molecule has 3 heterocycles. The number of fused-ring (bicyclic) bond motifs is 1. The fourth-order valence-corrected chi connectivity index (χ4v) is 3.49. The lowest BCUT2D eigenvalue weighted by molar-refractivity contribution is 0.462. The molecular formula is C15H9FN4O2S2. The highest BCUT2D eigenvalue weighted by Crippen LogP contribution is 2.26. The minimum atomic E-state index is -0.424. The van der Waals surface area contributed by atoms with Crippen molar-refractivity contribution in [3.05, 3.63) is 57.7 Å². The fourth-order valence-electron chi connectivity index (χ4n) is 2.13. The van der Waals surface area contributed by atoms with E-state index >= 15 is 0 Å². The minimum absolute atomic E-state index is 0.116. The van der Waals surface area contributed by atoms with Gasteiger partial charge in [0.1, 0.15) is 16.3 Å². The Hall–Kier alpha value is -2.52. The Morgan fingerprint density at radius 1 is 1.25 bits per heavy atom. The van der Waals surface area contributed by atoms with Crippen LogP contribution in [0.5, 0.6) is 0 Å². The number of nitrogens with zero attached hydrogens (tertiary/aromatic N) is 3. The van der Waals surface area contributed by atoms with Gasteiger partial charge < -0.3 is 9.40 Å². The first-order valence-electron chi connectivity index (χ1n) is 6.88. The quantitative estimate of drug-likeness (QED) is 0.561. The van der Waals surface area contributed by atoms with Gasteiger partial charge in [-0.3, -0.25) is 4.79 Å². The van der Waals surface area contributed by atoms with Crippen LogP contribution in [-0.4, -0.2) is 20.2 Å². The van der Waals surface area contributed by atoms with Gasteiger partial charge in [-0.1, -0.05) is 23.9 Å². The van der Waals surface area contributed by atoms with Gasteiger partial charge in [-0.25, -0.2) is 9.37 Å². The fraction of sp³-hybridized carbons (Fsp3) is 0.0667. The number of thiophene rings is 1. The molecule has 24 heavy (non-hydrogen) atoms. The highest BCUT2D eigenvalue weighted by molar-refractivity contribution is 7.98. The molecule has 9 heteroatoms. The first kappa shape index (κ1) is 15.0. The molecule has 0 amide bonds. The van der Waals surface area contributed by atoms with Crippen LogP contribution in [0.4, 0.5) is 4.39 Å². The Balaban J connectivity index is 1.54. The number of H-pyrrole nitrogens is 1. The van der Waals surface area contributed by atoms with E-state index < -0.39 is 5.82 Å². The van der Waals surface area contributed by atoms with Gasteiger partial charge in [-0.05, 0) is 23.6 Å². The second kappa shape index (κ2) is 6.17. The summed E-state index contributed by atoms with van der Waals surface area (Å²) in [4.78, 5) is 19.0. The van der Waals surface area contributed by atoms with Crippen LogP contribution < -0.4 is 5.56 Å². The maximum absolute atomic E-state index is 13.7. The van der Waals surface area contributed by atoms with Crippen molar-refractivity contribution < 1.29 is 8.81 Å². The molecule has 0 bridgehead atoms. The molecule has 0 saturated carbocycles. The van der Waals surface area contributed by atoms with Crippen molar-refractivity contribution in [1.82, 2.24) is 20.2 Å². The number of hydrogen-bond acceptors (Lipinski definition) is 7. The van der Waals surface area contributed by atoms with Crippen LogP contribution in [-0.2, 0) is 5.75 Å². The molecule has 0 aliphatic carbocycles. The predicted molar refractivity (Wildman–Crippen MR) is 89.5 cm³/mol. The van der Waals surface area contributed by atoms with E-state index in [1.165, 1.54) is 29.2 Å². The Kier molecular flexibility index (Phi) is 3.87. The van der Waals surface area contributed by atoms with E-state index in [2.05, 4.69) is 20.2 Å². The average molecular weight is 360 g/mol. The summed E-state index contributed by atoms with van der Waals surface area (Å²) in [5.74, 6) is 0.568. The van der Waals surface area contributed by atoms with Crippen molar-refractivity contribution in [2.45, 2.75) is 11.0 Å². The SMILES string of the molecule is O=c1[nH]c(CSc2nnc(-c3ccccc3F)o2)nc2ccsc12. The van der Waals surface area contributed by atoms with Crippen molar-refractivity contribution in [3.63, 3.8) is 0 Å². The minimum Gasteiger partial charge on any atom is -0.411 e. The first-order valence-corrected chi connectivity index (χ1v) is 8.75. The molecule has 0 spiro atoms. The average Bonchev–Trinajstić information content (AvgIpc) is 3.22. The third-order valence-corrected chi connectivity index (χ3v) is 4.94. The van der Waals surface area contributed by atoms with Gasteiger partial charge in [0.25, 0.3) is 16.7 Å². The van der Waals surface area contributed by atoms with E-state index in [9.17, 15) is 9.18 Å². The molecule has 0 fully saturated rings. The van der Waals surface area contributed by atoms with Crippen LogP contribution in [0.1, 0.15) is 5.82 Å². The van der Waals surface area contributed by atoms with Crippen molar-refractivity contribution >= 4 is 33.3 Å². The topological polar surface area (TPSA) is 84.7 Å². The third kappa shape index (κ3) is 2.83. The van der Waals surface area contributed by atoms with E-state index in [1.807, 2.05) is 5.38 Å². The molecule has 0 aliphatic heterocycles. The number of aromatic amines is 1. The van der Waals surface area contributed by atoms with Crippen LogP contribution in [0, 0.1) is 5.82 Å². The zero-order chi connectivity index (χ0) is 16.5. The van der Waals surface area contributed by atoms with Crippen LogP contribution in [0.25, 0.3) is 21.7 Å². The van der Waals surface area contributed by atoms with Crippen molar-refractivity contribution in [3.8, 4) is 11.5 Å². The molecule has 0 radical (unpaired) electrons. The second-order valence-electron chi connectivity index (χ2n) is 4.79. The number of rotatable bonds is 4. The summed E-state index contributed by atoms with van der Waals surface area (Å²) in [6.07, 6.45) is 0. The molecular weight excluding hydrogens is 351 g/mol. The highest BCUT2D eigenvalue weighted by Gasteiger charge is 2.13. The molecule has 6 nitrogen and oxygen atoms in total. The summed E-state index contributed by atoms with van der Waals surface area (Å²) in [6.45, 7) is 0. The van der Waals surface area contributed by atoms with Gasteiger partial charge in [0.15, 0.2) is 0 Å². The summed E-state index contributed by atoms with van der Waals surface area (Å²) >= 11 is 2.57. The van der Waals surface area contributed by atoms with Gasteiger partial charge in [0.05, 0.1) is 16.8 Å². The van der Waals surface area contributed by atoms with Crippen LogP contribution in [0.15, 0.2) is 50.1 Å². The second-order valence-corrected chi connectivity index (χ2v) is 6.63. The predicted octanol–water partition coefficient (Wildman–Crippen LogP) is 3.47. The Bertz CT molecular complexity index is 1070. The maximum atomic E-state index is 13.7. The van der Waals surface area contributed by atoms with E-state index in [-0.39, 0.29) is 22.2 Å². The lowest BCUT2D eigenvalue weighted by atomic mass is 10.2. The molecule has 1 aromatic carbocycles. The van der Waals surface area contributed by atoms with Crippen molar-refractivity contribution in [2.75, 3.05) is 0 Å². The lowest BCUT2D eigenvalue weighted by Crippen LogP contribution is -2.09. The molecule has 0 unspecified atom stereocenters. The van der Waals surface area contributed by atoms with Gasteiger partial charge in [-0.2, -0.15) is 0 Å². The molecule has 0 aliphatic rings. The lowest BCUT2D eigenvalue weighted by Gasteiger charge is -1.98. The smallest absolute Gasteiger partial charge is 0.277 e. The van der Waals surface area contributed by atoms with E-state index in [4.69, 9.17) is 4.42 Å². The monoisotopic (exact) mass is 360 g/mol. The molecule has 4 aromatic rings. The molecule has 4 rings (SSSR count). The zero-order valence-electron chi connectivity index (χ0n) is 12.0. The van der Waals surface area contributed by atoms with E-state index in [0.717, 1.165) is 0 Å². The summed E-state index contributed by atoms with van der Waals surface area (Å²) < 4.78 is 19.8. The normalized spacial score (nSPS) is 11.2. The molecule has 3 aromatic heterocycles. The molecule has 0 atom stereocenters. The Morgan fingerprint density at radius 2 is 2.12 bits per heavy atom. The standard InChI is InChI=1S/C15H9FN4O2S2/c16-9-4-2-1-3-8(9)14-19-20-15(22-14)24-7-11-17-10-5-6-23-12(10)13(21)18-11/h1-6H,7H2,(H,17,18,21). The van der Waals surface area contributed by atoms with E-state index in [1.54, 1.807) is 24.3 Å². The molecule has 0 saturated heterocycles. The van der Waals surface area contributed by atoms with Gasteiger partial charge in [0.2, 0.25) is 0 Å². The van der Waals surface area contributed by atoms with E-state index in [0.29, 0.717) is 21.8 Å². The Morgan fingerprint density at radius 3 is 3.00 bits per heavy atom.